The molecule has 1 aliphatic carbocycles. The maximum absolute atomic E-state index is 13.6. The summed E-state index contributed by atoms with van der Waals surface area (Å²) in [6, 6.07) is 4.70. The first-order valence-electron chi connectivity index (χ1n) is 13.5. The summed E-state index contributed by atoms with van der Waals surface area (Å²) in [5.41, 5.74) is 0.408. The first-order valence-corrected chi connectivity index (χ1v) is 12.5. The van der Waals surface area contributed by atoms with Crippen LogP contribution in [0.2, 0.25) is 0 Å². The van der Waals surface area contributed by atoms with E-state index in [1.807, 2.05) is 0 Å². The third kappa shape index (κ3) is 3.21. The molecule has 1 fully saturated rings. The second-order valence-corrected chi connectivity index (χ2v) is 10.1. The number of cyclic esters (lactones) is 1. The van der Waals surface area contributed by atoms with Gasteiger partial charge in [0.05, 0.1) is 29.0 Å². The van der Waals surface area contributed by atoms with Crippen LogP contribution in [0.4, 0.5) is 0 Å². The lowest BCUT2D eigenvalue weighted by Crippen LogP contribution is -2.44. The number of aliphatic hydroxyl groups is 2. The summed E-state index contributed by atoms with van der Waals surface area (Å²) in [4.78, 5) is 43.6. The minimum atomic E-state index is -2.36. The van der Waals surface area contributed by atoms with Gasteiger partial charge in [-0.15, -0.1) is 0 Å². The predicted octanol–water partition coefficient (Wildman–Crippen LogP) is 1.20. The molecular formula is C27H25N3O8. The van der Waals surface area contributed by atoms with Crippen molar-refractivity contribution in [3.05, 3.63) is 50.8 Å². The maximum Gasteiger partial charge on any atom is 0.343 e. The Kier molecular flexibility index (Phi) is 4.44. The Labute approximate surface area is 218 Å². The average molecular weight is 522 g/mol. The van der Waals surface area contributed by atoms with Gasteiger partial charge in [-0.05, 0) is 42.9 Å². The predicted molar refractivity (Wildman–Crippen MR) is 131 cm³/mol. The topological polar surface area (TPSA) is 149 Å². The molecular weight excluding hydrogens is 494 g/mol. The van der Waals surface area contributed by atoms with Gasteiger partial charge in [-0.25, -0.2) is 9.78 Å². The Hall–Kier alpha value is -3.96. The zero-order valence-electron chi connectivity index (χ0n) is 22.4. The second kappa shape index (κ2) is 8.02. The average Bonchev–Trinajstić information content (AvgIpc) is 3.63. The Bertz CT molecular complexity index is 1720. The second-order valence-electron chi connectivity index (χ2n) is 10.1. The summed E-state index contributed by atoms with van der Waals surface area (Å²) >= 11 is 0. The lowest BCUT2D eigenvalue weighted by molar-refractivity contribution is -0.172. The van der Waals surface area contributed by atoms with Gasteiger partial charge in [0.25, 0.3) is 5.56 Å². The standard InChI is InChI=1S/C27H25N3O8/c1-2-27(35)17-6-19-22-15(9-30(19)25(33)16(17)10-36-26(27)34)14(8-28-24(32)23(31)12-3-4-12)13-5-20-21(38-11-37-20)7-18(13)29-22/h5-7,12,23,31,35H,2-4,8-11H2,1H3,(H,28,32)/t23-,27-/m0/s1/i11D2. The molecule has 0 spiro atoms. The van der Waals surface area contributed by atoms with Crippen molar-refractivity contribution >= 4 is 22.8 Å². The number of carbonyl (C=O) groups excluding carboxylic acids is 2. The minimum Gasteiger partial charge on any atom is -0.458 e. The van der Waals surface area contributed by atoms with Crippen LogP contribution in [0.15, 0.2) is 23.0 Å². The summed E-state index contributed by atoms with van der Waals surface area (Å²) in [6.45, 7) is -0.890. The fourth-order valence-corrected chi connectivity index (χ4v) is 5.55. The van der Waals surface area contributed by atoms with Crippen LogP contribution >= 0.6 is 0 Å². The molecule has 7 rings (SSSR count). The summed E-state index contributed by atoms with van der Waals surface area (Å²) < 4.78 is 32.8. The first kappa shape index (κ1) is 21.0. The summed E-state index contributed by atoms with van der Waals surface area (Å²) in [6.07, 6.45) is 0.455. The molecule has 5 heterocycles. The fraction of sp³-hybridized carbons (Fsp3) is 0.407. The Morgan fingerprint density at radius 1 is 1.24 bits per heavy atom. The van der Waals surface area contributed by atoms with Crippen molar-refractivity contribution in [3.63, 3.8) is 0 Å². The maximum atomic E-state index is 13.6. The zero-order chi connectivity index (χ0) is 28.1. The number of hydrogen-bond acceptors (Lipinski definition) is 9. The van der Waals surface area contributed by atoms with E-state index in [0.717, 1.165) is 12.8 Å². The summed E-state index contributed by atoms with van der Waals surface area (Å²) in [7, 11) is 0. The number of nitrogens with zero attached hydrogens (tertiary/aromatic N) is 2. The molecule has 2 aromatic heterocycles. The molecule has 4 aliphatic rings. The third-order valence-electron chi connectivity index (χ3n) is 7.95. The van der Waals surface area contributed by atoms with Crippen LogP contribution < -0.4 is 20.3 Å². The number of benzene rings is 1. The van der Waals surface area contributed by atoms with Gasteiger partial charge in [-0.3, -0.25) is 9.59 Å². The van der Waals surface area contributed by atoms with Crippen LogP contribution in [-0.4, -0.2) is 44.5 Å². The van der Waals surface area contributed by atoms with Gasteiger partial charge in [0.1, 0.15) is 15.5 Å². The van der Waals surface area contributed by atoms with Gasteiger partial charge >= 0.3 is 5.97 Å². The number of hydrogen-bond donors (Lipinski definition) is 3. The summed E-state index contributed by atoms with van der Waals surface area (Å²) in [5, 5.41) is 24.8. The van der Waals surface area contributed by atoms with Gasteiger partial charge in [0.15, 0.2) is 17.1 Å². The molecule has 0 saturated heterocycles. The number of fused-ring (bicyclic) bond motifs is 6. The monoisotopic (exact) mass is 521 g/mol. The highest BCUT2D eigenvalue weighted by Crippen LogP contribution is 2.43. The molecule has 2 atom stereocenters. The van der Waals surface area contributed by atoms with E-state index in [9.17, 15) is 24.6 Å². The number of ether oxygens (including phenoxy) is 3. The largest absolute Gasteiger partial charge is 0.458 e. The van der Waals surface area contributed by atoms with Gasteiger partial charge in [-0.2, -0.15) is 0 Å². The van der Waals surface area contributed by atoms with E-state index in [1.54, 1.807) is 19.1 Å². The number of aromatic nitrogens is 2. The highest BCUT2D eigenvalue weighted by Gasteiger charge is 2.45. The zero-order valence-corrected chi connectivity index (χ0v) is 20.4. The van der Waals surface area contributed by atoms with Crippen molar-refractivity contribution in [2.75, 3.05) is 6.75 Å². The molecule has 1 amide bonds. The number of carbonyl (C=O) groups is 2. The van der Waals surface area contributed by atoms with E-state index in [1.165, 1.54) is 10.6 Å². The summed E-state index contributed by atoms with van der Waals surface area (Å²) in [5.74, 6) is -1.08. The molecule has 3 N–H and O–H groups in total. The minimum absolute atomic E-state index is 0.000544. The molecule has 38 heavy (non-hydrogen) atoms. The molecule has 1 aromatic carbocycles. The molecule has 3 aliphatic heterocycles. The molecule has 196 valence electrons. The fourth-order valence-electron chi connectivity index (χ4n) is 5.55. The van der Waals surface area contributed by atoms with Gasteiger partial charge in [0, 0.05) is 29.1 Å². The van der Waals surface area contributed by atoms with Gasteiger partial charge < -0.3 is 34.3 Å². The number of amides is 1. The highest BCUT2D eigenvalue weighted by molar-refractivity contribution is 5.92. The first-order chi connectivity index (χ1) is 19.0. The van der Waals surface area contributed by atoms with Crippen molar-refractivity contribution in [2.24, 2.45) is 5.92 Å². The third-order valence-corrected chi connectivity index (χ3v) is 7.95. The van der Waals surface area contributed by atoms with Crippen LogP contribution in [0.5, 0.6) is 11.5 Å². The highest BCUT2D eigenvalue weighted by atomic mass is 16.7. The number of rotatable bonds is 5. The van der Waals surface area contributed by atoms with Crippen LogP contribution in [0.25, 0.3) is 22.3 Å². The van der Waals surface area contributed by atoms with Gasteiger partial charge in [-0.1, -0.05) is 6.92 Å². The van der Waals surface area contributed by atoms with E-state index in [-0.39, 0.29) is 54.7 Å². The Morgan fingerprint density at radius 3 is 2.74 bits per heavy atom. The molecule has 0 unspecified atom stereocenters. The lowest BCUT2D eigenvalue weighted by atomic mass is 9.86. The van der Waals surface area contributed by atoms with Crippen LogP contribution in [0.1, 0.15) is 51.2 Å². The number of pyridine rings is 2. The van der Waals surface area contributed by atoms with Crippen LogP contribution in [0.3, 0.4) is 0 Å². The van der Waals surface area contributed by atoms with Crippen LogP contribution in [-0.2, 0) is 39.6 Å². The molecule has 11 heteroatoms. The molecule has 3 aromatic rings. The quantitative estimate of drug-likeness (QED) is 0.329. The van der Waals surface area contributed by atoms with Crippen molar-refractivity contribution in [3.8, 4) is 22.9 Å². The van der Waals surface area contributed by atoms with E-state index in [0.29, 0.717) is 33.4 Å². The Morgan fingerprint density at radius 2 is 2.00 bits per heavy atom. The Balaban J connectivity index is 1.41. The van der Waals surface area contributed by atoms with E-state index < -0.39 is 35.9 Å². The molecule has 0 radical (unpaired) electrons. The van der Waals surface area contributed by atoms with E-state index in [2.05, 4.69) is 5.32 Å². The van der Waals surface area contributed by atoms with Crippen molar-refractivity contribution in [1.29, 1.82) is 0 Å². The number of esters is 1. The van der Waals surface area contributed by atoms with Crippen molar-refractivity contribution in [1.82, 2.24) is 14.9 Å². The van der Waals surface area contributed by atoms with E-state index in [4.69, 9.17) is 21.9 Å². The van der Waals surface area contributed by atoms with Crippen LogP contribution in [0, 0.1) is 5.92 Å². The lowest BCUT2D eigenvalue weighted by Gasteiger charge is -2.31. The van der Waals surface area contributed by atoms with E-state index >= 15 is 0 Å². The molecule has 0 bridgehead atoms. The number of nitrogens with one attached hydrogen (secondary N) is 1. The van der Waals surface area contributed by atoms with Gasteiger partial charge in [0.2, 0.25) is 12.7 Å². The normalized spacial score (nSPS) is 23.6. The number of aliphatic hydroxyl groups excluding tert-OH is 1. The smallest absolute Gasteiger partial charge is 0.343 e. The molecule has 11 nitrogen and oxygen atoms in total. The van der Waals surface area contributed by atoms with Crippen molar-refractivity contribution < 1.29 is 36.8 Å². The molecule has 1 saturated carbocycles. The van der Waals surface area contributed by atoms with Crippen molar-refractivity contribution in [2.45, 2.75) is 57.6 Å². The SMILES string of the molecule is [2H]C1([2H])Oc2cc3nc4c(c(CNC(=O)[C@@H](O)C5CC5)c3cc2O1)Cn1c-4cc2c(c1=O)COC(=O)[C@]2(O)CC.